The molecule has 0 spiro atoms. The predicted octanol–water partition coefficient (Wildman–Crippen LogP) is 1.28. The van der Waals surface area contributed by atoms with Crippen molar-refractivity contribution < 1.29 is 14.3 Å². The molecule has 3 aliphatic heterocycles. The number of likely N-dealkylation sites (tertiary alicyclic amines) is 1. The topological polar surface area (TPSA) is 50.8 Å². The van der Waals surface area contributed by atoms with E-state index in [1.165, 1.54) is 12.8 Å². The number of carbonyl (C=O) groups is 1. The van der Waals surface area contributed by atoms with E-state index in [1.54, 1.807) is 0 Å². The van der Waals surface area contributed by atoms with E-state index in [-0.39, 0.29) is 5.91 Å². The van der Waals surface area contributed by atoms with E-state index in [9.17, 15) is 4.79 Å². The number of fused-ring (bicyclic) bond motifs is 2. The molecule has 5 nitrogen and oxygen atoms in total. The summed E-state index contributed by atoms with van der Waals surface area (Å²) in [5.74, 6) is 1.95. The molecule has 1 N–H and O–H groups in total. The second-order valence-corrected chi connectivity index (χ2v) is 6.00. The van der Waals surface area contributed by atoms with Crippen molar-refractivity contribution in [2.24, 2.45) is 5.92 Å². The molecule has 0 unspecified atom stereocenters. The van der Waals surface area contributed by atoms with Gasteiger partial charge in [0.25, 0.3) is 5.91 Å². The predicted molar refractivity (Wildman–Crippen MR) is 77.9 cm³/mol. The zero-order valence-corrected chi connectivity index (χ0v) is 12.0. The molecular weight excluding hydrogens is 268 g/mol. The van der Waals surface area contributed by atoms with E-state index in [4.69, 9.17) is 9.47 Å². The van der Waals surface area contributed by atoms with Gasteiger partial charge in [0, 0.05) is 19.1 Å². The highest BCUT2D eigenvalue weighted by molar-refractivity contribution is 5.98. The molecule has 1 aromatic carbocycles. The number of hydrogen-bond donors (Lipinski definition) is 1. The second kappa shape index (κ2) is 5.22. The summed E-state index contributed by atoms with van der Waals surface area (Å²) in [4.78, 5) is 14.8. The van der Waals surface area contributed by atoms with Crippen LogP contribution in [0, 0.1) is 5.92 Å². The van der Waals surface area contributed by atoms with E-state index in [2.05, 4.69) is 5.32 Å². The SMILES string of the molecule is O=C(c1cccc2c1OCCO2)N1C[C@@H]2CCCN[C@@H]2C1. The van der Waals surface area contributed by atoms with Gasteiger partial charge in [0.15, 0.2) is 11.5 Å². The van der Waals surface area contributed by atoms with Gasteiger partial charge >= 0.3 is 0 Å². The van der Waals surface area contributed by atoms with Gasteiger partial charge in [-0.05, 0) is 37.4 Å². The molecule has 2 atom stereocenters. The van der Waals surface area contributed by atoms with Gasteiger partial charge in [0.2, 0.25) is 0 Å². The molecule has 2 saturated heterocycles. The molecule has 3 heterocycles. The molecule has 1 amide bonds. The molecule has 0 radical (unpaired) electrons. The normalized spacial score (nSPS) is 27.3. The summed E-state index contributed by atoms with van der Waals surface area (Å²) < 4.78 is 11.2. The van der Waals surface area contributed by atoms with Gasteiger partial charge in [-0.1, -0.05) is 6.07 Å². The van der Waals surface area contributed by atoms with E-state index in [1.807, 2.05) is 23.1 Å². The summed E-state index contributed by atoms with van der Waals surface area (Å²) in [7, 11) is 0. The summed E-state index contributed by atoms with van der Waals surface area (Å²) in [5, 5.41) is 3.53. The minimum atomic E-state index is 0.0635. The van der Waals surface area contributed by atoms with Gasteiger partial charge in [-0.15, -0.1) is 0 Å². The Kier molecular flexibility index (Phi) is 3.22. The summed E-state index contributed by atoms with van der Waals surface area (Å²) >= 11 is 0. The van der Waals surface area contributed by atoms with E-state index < -0.39 is 0 Å². The first kappa shape index (κ1) is 13.0. The van der Waals surface area contributed by atoms with Gasteiger partial charge in [-0.2, -0.15) is 0 Å². The van der Waals surface area contributed by atoms with Crippen molar-refractivity contribution in [1.82, 2.24) is 10.2 Å². The highest BCUT2D eigenvalue weighted by atomic mass is 16.6. The van der Waals surface area contributed by atoms with Crippen LogP contribution in [0.1, 0.15) is 23.2 Å². The number of nitrogens with zero attached hydrogens (tertiary/aromatic N) is 1. The van der Waals surface area contributed by atoms with Crippen molar-refractivity contribution >= 4 is 5.91 Å². The third-order valence-corrected chi connectivity index (χ3v) is 4.68. The number of amides is 1. The minimum absolute atomic E-state index is 0.0635. The number of piperidine rings is 1. The standard InChI is InChI=1S/C16H20N2O3/c19-16(18-9-11-3-2-6-17-13(11)10-18)12-4-1-5-14-15(12)21-8-7-20-14/h1,4-5,11,13,17H,2-3,6-10H2/t11-,13+/m0/s1. The van der Waals surface area contributed by atoms with Crippen LogP contribution in [0.3, 0.4) is 0 Å². The Morgan fingerprint density at radius 2 is 2.14 bits per heavy atom. The Balaban J connectivity index is 1.58. The van der Waals surface area contributed by atoms with Crippen molar-refractivity contribution in [2.75, 3.05) is 32.8 Å². The molecule has 112 valence electrons. The number of rotatable bonds is 1. The van der Waals surface area contributed by atoms with Gasteiger partial charge in [-0.3, -0.25) is 4.79 Å². The van der Waals surface area contributed by atoms with Crippen LogP contribution >= 0.6 is 0 Å². The molecule has 1 aromatic rings. The van der Waals surface area contributed by atoms with Crippen LogP contribution in [-0.2, 0) is 0 Å². The molecule has 0 aliphatic carbocycles. The lowest BCUT2D eigenvalue weighted by Crippen LogP contribution is -2.41. The van der Waals surface area contributed by atoms with Gasteiger partial charge in [0.05, 0.1) is 5.56 Å². The molecule has 0 saturated carbocycles. The number of carbonyl (C=O) groups excluding carboxylic acids is 1. The molecule has 0 aromatic heterocycles. The molecule has 2 fully saturated rings. The Bertz CT molecular complexity index is 546. The lowest BCUT2D eigenvalue weighted by atomic mass is 9.94. The van der Waals surface area contributed by atoms with Crippen LogP contribution in [0.15, 0.2) is 18.2 Å². The van der Waals surface area contributed by atoms with Crippen LogP contribution in [0.5, 0.6) is 11.5 Å². The lowest BCUT2D eigenvalue weighted by Gasteiger charge is -2.24. The minimum Gasteiger partial charge on any atom is -0.486 e. The number of hydrogen-bond acceptors (Lipinski definition) is 4. The van der Waals surface area contributed by atoms with Crippen molar-refractivity contribution in [1.29, 1.82) is 0 Å². The van der Waals surface area contributed by atoms with E-state index in [0.717, 1.165) is 19.6 Å². The quantitative estimate of drug-likeness (QED) is 0.846. The molecule has 5 heteroatoms. The highest BCUT2D eigenvalue weighted by Gasteiger charge is 2.37. The van der Waals surface area contributed by atoms with Crippen LogP contribution < -0.4 is 14.8 Å². The number of benzene rings is 1. The summed E-state index contributed by atoms with van der Waals surface area (Å²) in [6.07, 6.45) is 2.43. The fraction of sp³-hybridized carbons (Fsp3) is 0.562. The fourth-order valence-electron chi connectivity index (χ4n) is 3.63. The molecule has 3 aliphatic rings. The van der Waals surface area contributed by atoms with Crippen LogP contribution in [-0.4, -0.2) is 49.7 Å². The zero-order valence-electron chi connectivity index (χ0n) is 12.0. The highest BCUT2D eigenvalue weighted by Crippen LogP contribution is 2.35. The first-order valence-corrected chi connectivity index (χ1v) is 7.74. The first-order chi connectivity index (χ1) is 10.3. The van der Waals surface area contributed by atoms with Crippen molar-refractivity contribution in [3.05, 3.63) is 23.8 Å². The van der Waals surface area contributed by atoms with E-state index in [0.29, 0.717) is 42.2 Å². The third-order valence-electron chi connectivity index (χ3n) is 4.68. The average Bonchev–Trinajstić information content (AvgIpc) is 2.97. The molecular formula is C16H20N2O3. The van der Waals surface area contributed by atoms with Crippen molar-refractivity contribution in [3.63, 3.8) is 0 Å². The second-order valence-electron chi connectivity index (χ2n) is 6.00. The Hall–Kier alpha value is -1.75. The third kappa shape index (κ3) is 2.25. The Labute approximate surface area is 124 Å². The van der Waals surface area contributed by atoms with Gasteiger partial charge in [0.1, 0.15) is 13.2 Å². The van der Waals surface area contributed by atoms with Crippen LogP contribution in [0.4, 0.5) is 0 Å². The average molecular weight is 288 g/mol. The van der Waals surface area contributed by atoms with Crippen molar-refractivity contribution in [3.8, 4) is 11.5 Å². The zero-order chi connectivity index (χ0) is 14.2. The monoisotopic (exact) mass is 288 g/mol. The maximum absolute atomic E-state index is 12.8. The van der Waals surface area contributed by atoms with Gasteiger partial charge < -0.3 is 19.7 Å². The fourth-order valence-corrected chi connectivity index (χ4v) is 3.63. The lowest BCUT2D eigenvalue weighted by molar-refractivity contribution is 0.0775. The number of ether oxygens (including phenoxy) is 2. The molecule has 4 rings (SSSR count). The Morgan fingerprint density at radius 3 is 3.05 bits per heavy atom. The molecule has 21 heavy (non-hydrogen) atoms. The number of para-hydroxylation sites is 1. The van der Waals surface area contributed by atoms with Crippen LogP contribution in [0.2, 0.25) is 0 Å². The summed E-state index contributed by atoms with van der Waals surface area (Å²) in [5.41, 5.74) is 0.630. The van der Waals surface area contributed by atoms with E-state index >= 15 is 0 Å². The maximum atomic E-state index is 12.8. The summed E-state index contributed by atoms with van der Waals surface area (Å²) in [6.45, 7) is 3.77. The van der Waals surface area contributed by atoms with Crippen LogP contribution in [0.25, 0.3) is 0 Å². The number of nitrogens with one attached hydrogen (secondary N) is 1. The van der Waals surface area contributed by atoms with Gasteiger partial charge in [-0.25, -0.2) is 0 Å². The van der Waals surface area contributed by atoms with Crippen molar-refractivity contribution in [2.45, 2.75) is 18.9 Å². The Morgan fingerprint density at radius 1 is 1.24 bits per heavy atom. The smallest absolute Gasteiger partial charge is 0.257 e. The summed E-state index contributed by atoms with van der Waals surface area (Å²) in [6, 6.07) is 6.02. The molecule has 0 bridgehead atoms. The largest absolute Gasteiger partial charge is 0.486 e. The first-order valence-electron chi connectivity index (χ1n) is 7.74. The maximum Gasteiger partial charge on any atom is 0.257 e.